The second-order valence-corrected chi connectivity index (χ2v) is 4.56. The van der Waals surface area contributed by atoms with Gasteiger partial charge < -0.3 is 20.0 Å². The molecule has 0 aliphatic rings. The van der Waals surface area contributed by atoms with Crippen molar-refractivity contribution in [2.45, 2.75) is 25.7 Å². The SMILES string of the molecule is NCCCCCC(=O)OP(=O)(O)O.O=[PH](O)O. The van der Waals surface area contributed by atoms with Crippen LogP contribution in [-0.2, 0) is 18.4 Å². The van der Waals surface area contributed by atoms with E-state index in [1.165, 1.54) is 0 Å². The van der Waals surface area contributed by atoms with Gasteiger partial charge in [-0.05, 0) is 19.4 Å². The molecule has 0 aromatic heterocycles. The predicted octanol–water partition coefficient (Wildman–Crippen LogP) is -0.498. The second kappa shape index (κ2) is 10.9. The zero-order chi connectivity index (χ0) is 13.9. The van der Waals surface area contributed by atoms with Crippen molar-refractivity contribution >= 4 is 22.0 Å². The summed E-state index contributed by atoms with van der Waals surface area (Å²) in [5.41, 5.74) is 5.21. The molecule has 104 valence electrons. The maximum Gasteiger partial charge on any atom is 0.526 e. The number of carbonyl (C=O) groups excluding carboxylic acids is 1. The Kier molecular flexibility index (Phi) is 12.2. The van der Waals surface area contributed by atoms with Gasteiger partial charge in [0.2, 0.25) is 0 Å². The highest BCUT2D eigenvalue weighted by atomic mass is 31.2. The highest BCUT2D eigenvalue weighted by molar-refractivity contribution is 7.46. The third kappa shape index (κ3) is 25.8. The molecule has 0 saturated heterocycles. The Morgan fingerprint density at radius 1 is 1.24 bits per heavy atom. The molecule has 9 nitrogen and oxygen atoms in total. The van der Waals surface area contributed by atoms with Crippen LogP contribution in [0.25, 0.3) is 0 Å². The van der Waals surface area contributed by atoms with E-state index in [-0.39, 0.29) is 6.42 Å². The highest BCUT2D eigenvalue weighted by Crippen LogP contribution is 2.36. The van der Waals surface area contributed by atoms with Crippen molar-refractivity contribution in [2.24, 2.45) is 5.73 Å². The van der Waals surface area contributed by atoms with Gasteiger partial charge in [0, 0.05) is 6.42 Å². The Hall–Kier alpha value is -0.270. The average molecular weight is 293 g/mol. The standard InChI is InChI=1S/C6H14NO5P.H3O3P/c7-5-3-1-2-4-6(8)12-13(9,10)11;1-4(2)3/h1-5,7H2,(H2,9,10,11);4H,(H2,1,2,3). The Balaban J connectivity index is 0. The number of phosphoric ester groups is 1. The van der Waals surface area contributed by atoms with Crippen LogP contribution in [0.3, 0.4) is 0 Å². The fourth-order valence-electron chi connectivity index (χ4n) is 0.769. The van der Waals surface area contributed by atoms with E-state index < -0.39 is 22.0 Å². The van der Waals surface area contributed by atoms with Crippen LogP contribution in [0.2, 0.25) is 0 Å². The maximum absolute atomic E-state index is 10.7. The second-order valence-electron chi connectivity index (χ2n) is 2.84. The van der Waals surface area contributed by atoms with Gasteiger partial charge in [0.25, 0.3) is 0 Å². The fourth-order valence-corrected chi connectivity index (χ4v) is 1.13. The molecule has 17 heavy (non-hydrogen) atoms. The summed E-state index contributed by atoms with van der Waals surface area (Å²) < 4.78 is 22.7. The molecule has 0 saturated carbocycles. The number of unbranched alkanes of at least 4 members (excludes halogenated alkanes) is 2. The number of hydrogen-bond acceptors (Lipinski definition) is 5. The van der Waals surface area contributed by atoms with Crippen LogP contribution in [0, 0.1) is 0 Å². The first-order chi connectivity index (χ1) is 7.69. The molecule has 6 N–H and O–H groups in total. The lowest BCUT2D eigenvalue weighted by Gasteiger charge is -2.04. The molecule has 0 aromatic rings. The van der Waals surface area contributed by atoms with Gasteiger partial charge in [0.1, 0.15) is 0 Å². The number of phosphoric acid groups is 1. The molecular formula is C6H17NO8P2. The smallest absolute Gasteiger partial charge is 0.371 e. The molecule has 0 bridgehead atoms. The lowest BCUT2D eigenvalue weighted by molar-refractivity contribution is -0.135. The first-order valence-corrected chi connectivity index (χ1v) is 7.42. The maximum atomic E-state index is 10.7. The number of hydrogen-bond donors (Lipinski definition) is 5. The summed E-state index contributed by atoms with van der Waals surface area (Å²) in [5, 5.41) is 0. The Morgan fingerprint density at radius 2 is 1.71 bits per heavy atom. The molecule has 0 aromatic carbocycles. The van der Waals surface area contributed by atoms with Crippen molar-refractivity contribution in [3.63, 3.8) is 0 Å². The van der Waals surface area contributed by atoms with Crippen LogP contribution < -0.4 is 5.73 Å². The first kappa shape index (κ1) is 19.1. The molecule has 11 heteroatoms. The highest BCUT2D eigenvalue weighted by Gasteiger charge is 2.19. The Labute approximate surface area is 98.8 Å². The van der Waals surface area contributed by atoms with Gasteiger partial charge in [-0.15, -0.1) is 0 Å². The van der Waals surface area contributed by atoms with Crippen LogP contribution in [0.4, 0.5) is 0 Å². The summed E-state index contributed by atoms with van der Waals surface area (Å²) in [6.07, 6.45) is 2.11. The quantitative estimate of drug-likeness (QED) is 0.320. The summed E-state index contributed by atoms with van der Waals surface area (Å²) >= 11 is 0. The predicted molar refractivity (Wildman–Crippen MR) is 59.1 cm³/mol. The zero-order valence-electron chi connectivity index (χ0n) is 8.98. The molecular weight excluding hydrogens is 276 g/mol. The van der Waals surface area contributed by atoms with Crippen LogP contribution in [0.5, 0.6) is 0 Å². The third-order valence-corrected chi connectivity index (χ3v) is 1.75. The van der Waals surface area contributed by atoms with E-state index >= 15 is 0 Å². The van der Waals surface area contributed by atoms with Crippen molar-refractivity contribution in [1.29, 1.82) is 0 Å². The van der Waals surface area contributed by atoms with Crippen molar-refractivity contribution in [3.05, 3.63) is 0 Å². The van der Waals surface area contributed by atoms with Gasteiger partial charge in [0.05, 0.1) is 0 Å². The van der Waals surface area contributed by atoms with Crippen LogP contribution in [0.15, 0.2) is 0 Å². The van der Waals surface area contributed by atoms with Gasteiger partial charge in [-0.2, -0.15) is 0 Å². The van der Waals surface area contributed by atoms with Gasteiger partial charge in [-0.3, -0.25) is 19.1 Å². The minimum atomic E-state index is -4.65. The van der Waals surface area contributed by atoms with E-state index in [1.54, 1.807) is 0 Å². The summed E-state index contributed by atoms with van der Waals surface area (Å²) in [7, 11) is -7.78. The van der Waals surface area contributed by atoms with E-state index in [9.17, 15) is 9.36 Å². The number of rotatable bonds is 6. The fraction of sp³-hybridized carbons (Fsp3) is 0.833. The molecule has 0 atom stereocenters. The monoisotopic (exact) mass is 293 g/mol. The number of carbonyl (C=O) groups is 1. The normalized spacial score (nSPS) is 10.7. The Morgan fingerprint density at radius 3 is 2.06 bits per heavy atom. The minimum Gasteiger partial charge on any atom is -0.371 e. The Bertz CT molecular complexity index is 273. The lowest BCUT2D eigenvalue weighted by Crippen LogP contribution is -2.03. The van der Waals surface area contributed by atoms with Crippen LogP contribution in [-0.4, -0.2) is 32.1 Å². The minimum absolute atomic E-state index is 0.0190. The summed E-state index contributed by atoms with van der Waals surface area (Å²) in [4.78, 5) is 41.5. The third-order valence-electron chi connectivity index (χ3n) is 1.31. The molecule has 0 aliphatic carbocycles. The topological polar surface area (TPSA) is 167 Å². The van der Waals surface area contributed by atoms with Gasteiger partial charge in [0.15, 0.2) is 0 Å². The lowest BCUT2D eigenvalue weighted by atomic mass is 10.2. The summed E-state index contributed by atoms with van der Waals surface area (Å²) in [6.45, 7) is 0.549. The van der Waals surface area contributed by atoms with Crippen molar-refractivity contribution in [1.82, 2.24) is 0 Å². The molecule has 0 fully saturated rings. The number of nitrogens with two attached hydrogens (primary N) is 1. The van der Waals surface area contributed by atoms with E-state index in [4.69, 9.17) is 29.9 Å². The van der Waals surface area contributed by atoms with E-state index in [1.807, 2.05) is 0 Å². The van der Waals surface area contributed by atoms with Crippen molar-refractivity contribution < 1.29 is 38.0 Å². The summed E-state index contributed by atoms with van der Waals surface area (Å²) in [5.74, 6) is -0.870. The van der Waals surface area contributed by atoms with E-state index in [0.29, 0.717) is 13.0 Å². The largest absolute Gasteiger partial charge is 0.526 e. The van der Waals surface area contributed by atoms with Gasteiger partial charge in [-0.1, -0.05) is 6.42 Å². The molecule has 0 spiro atoms. The van der Waals surface area contributed by atoms with Crippen LogP contribution >= 0.6 is 16.1 Å². The van der Waals surface area contributed by atoms with E-state index in [0.717, 1.165) is 12.8 Å². The first-order valence-electron chi connectivity index (χ1n) is 4.59. The molecule has 0 unspecified atom stereocenters. The molecule has 0 aliphatic heterocycles. The zero-order valence-corrected chi connectivity index (χ0v) is 10.9. The van der Waals surface area contributed by atoms with Crippen LogP contribution in [0.1, 0.15) is 25.7 Å². The molecule has 0 radical (unpaired) electrons. The van der Waals surface area contributed by atoms with Gasteiger partial charge in [-0.25, -0.2) is 4.57 Å². The molecule has 0 amide bonds. The average Bonchev–Trinajstić information content (AvgIpc) is 2.08. The van der Waals surface area contributed by atoms with Crippen molar-refractivity contribution in [2.75, 3.05) is 6.54 Å². The molecule has 0 heterocycles. The van der Waals surface area contributed by atoms with Gasteiger partial charge >= 0.3 is 22.0 Å². The summed E-state index contributed by atoms with van der Waals surface area (Å²) in [6, 6.07) is 0. The van der Waals surface area contributed by atoms with Crippen molar-refractivity contribution in [3.8, 4) is 0 Å². The van der Waals surface area contributed by atoms with E-state index in [2.05, 4.69) is 4.52 Å². The molecule has 0 rings (SSSR count).